The first-order valence-corrected chi connectivity index (χ1v) is 7.45. The summed E-state index contributed by atoms with van der Waals surface area (Å²) in [5.74, 6) is 0.846. The molecule has 0 aliphatic carbocycles. The fourth-order valence-corrected chi connectivity index (χ4v) is 2.50. The second-order valence-electron chi connectivity index (χ2n) is 6.44. The SMILES string of the molecule is CN=C(NCCc1c[nH]c2cccc(C)c12)NC(C)(C)C.I. The molecule has 1 aromatic heterocycles. The molecule has 0 aliphatic heterocycles. The number of aryl methyl sites for hydroxylation is 1. The number of nitrogens with zero attached hydrogens (tertiary/aromatic N) is 1. The van der Waals surface area contributed by atoms with Crippen molar-refractivity contribution in [2.75, 3.05) is 13.6 Å². The second kappa shape index (κ2) is 7.85. The summed E-state index contributed by atoms with van der Waals surface area (Å²) in [5, 5.41) is 8.08. The molecule has 0 bridgehead atoms. The van der Waals surface area contributed by atoms with E-state index in [1.807, 2.05) is 0 Å². The van der Waals surface area contributed by atoms with Crippen LogP contribution in [-0.2, 0) is 6.42 Å². The van der Waals surface area contributed by atoms with Gasteiger partial charge in [-0.2, -0.15) is 0 Å². The smallest absolute Gasteiger partial charge is 0.191 e. The molecule has 0 radical (unpaired) electrons. The van der Waals surface area contributed by atoms with Crippen LogP contribution in [0, 0.1) is 6.92 Å². The van der Waals surface area contributed by atoms with Crippen molar-refractivity contribution in [2.45, 2.75) is 39.7 Å². The molecule has 2 rings (SSSR count). The van der Waals surface area contributed by atoms with Gasteiger partial charge in [0, 0.05) is 36.2 Å². The minimum atomic E-state index is 0. The van der Waals surface area contributed by atoms with Crippen LogP contribution in [0.5, 0.6) is 0 Å². The quantitative estimate of drug-likeness (QED) is 0.409. The molecule has 0 fully saturated rings. The van der Waals surface area contributed by atoms with Crippen LogP contribution in [-0.4, -0.2) is 30.1 Å². The van der Waals surface area contributed by atoms with Gasteiger partial charge >= 0.3 is 0 Å². The first-order valence-electron chi connectivity index (χ1n) is 7.45. The molecule has 0 atom stereocenters. The van der Waals surface area contributed by atoms with Gasteiger partial charge in [-0.25, -0.2) is 0 Å². The summed E-state index contributed by atoms with van der Waals surface area (Å²) in [6, 6.07) is 6.37. The van der Waals surface area contributed by atoms with E-state index in [2.05, 4.69) is 72.7 Å². The maximum Gasteiger partial charge on any atom is 0.191 e. The first kappa shape index (κ1) is 18.8. The predicted octanol–water partition coefficient (Wildman–Crippen LogP) is 3.60. The van der Waals surface area contributed by atoms with E-state index in [1.54, 1.807) is 7.05 Å². The maximum absolute atomic E-state index is 4.26. The van der Waals surface area contributed by atoms with E-state index < -0.39 is 0 Å². The van der Waals surface area contributed by atoms with Crippen molar-refractivity contribution < 1.29 is 0 Å². The van der Waals surface area contributed by atoms with Crippen LogP contribution in [0.3, 0.4) is 0 Å². The molecular formula is C17H27IN4. The summed E-state index contributed by atoms with van der Waals surface area (Å²) >= 11 is 0. The average molecular weight is 414 g/mol. The van der Waals surface area contributed by atoms with Gasteiger partial charge in [-0.1, -0.05) is 12.1 Å². The third-order valence-electron chi connectivity index (χ3n) is 3.40. The number of H-pyrrole nitrogens is 1. The van der Waals surface area contributed by atoms with Gasteiger partial charge in [0.05, 0.1) is 0 Å². The van der Waals surface area contributed by atoms with Gasteiger partial charge in [-0.3, -0.25) is 4.99 Å². The van der Waals surface area contributed by atoms with Crippen molar-refractivity contribution in [3.63, 3.8) is 0 Å². The number of hydrogen-bond donors (Lipinski definition) is 3. The van der Waals surface area contributed by atoms with Crippen LogP contribution < -0.4 is 10.6 Å². The van der Waals surface area contributed by atoms with Crippen LogP contribution in [0.15, 0.2) is 29.4 Å². The monoisotopic (exact) mass is 414 g/mol. The normalized spacial score (nSPS) is 12.1. The minimum Gasteiger partial charge on any atom is -0.361 e. The Morgan fingerprint density at radius 1 is 1.27 bits per heavy atom. The molecule has 5 heteroatoms. The van der Waals surface area contributed by atoms with Crippen LogP contribution >= 0.6 is 24.0 Å². The number of benzene rings is 1. The lowest BCUT2D eigenvalue weighted by molar-refractivity contribution is 0.501. The highest BCUT2D eigenvalue weighted by Gasteiger charge is 2.12. The molecule has 0 amide bonds. The molecule has 0 spiro atoms. The number of rotatable bonds is 3. The number of guanidine groups is 1. The second-order valence-corrected chi connectivity index (χ2v) is 6.44. The van der Waals surface area contributed by atoms with Gasteiger partial charge in [0.15, 0.2) is 5.96 Å². The van der Waals surface area contributed by atoms with Gasteiger partial charge < -0.3 is 15.6 Å². The van der Waals surface area contributed by atoms with Gasteiger partial charge in [-0.15, -0.1) is 24.0 Å². The number of nitrogens with one attached hydrogen (secondary N) is 3. The van der Waals surface area contributed by atoms with E-state index in [0.29, 0.717) is 0 Å². The van der Waals surface area contributed by atoms with E-state index >= 15 is 0 Å². The van der Waals surface area contributed by atoms with E-state index in [-0.39, 0.29) is 29.5 Å². The Morgan fingerprint density at radius 2 is 2.00 bits per heavy atom. The zero-order chi connectivity index (χ0) is 15.5. The number of aromatic amines is 1. The molecule has 1 heterocycles. The molecular weight excluding hydrogens is 387 g/mol. The van der Waals surface area contributed by atoms with Gasteiger partial charge in [0.25, 0.3) is 0 Å². The molecule has 22 heavy (non-hydrogen) atoms. The Kier molecular flexibility index (Phi) is 6.71. The van der Waals surface area contributed by atoms with Gasteiger partial charge in [-0.05, 0) is 51.3 Å². The minimum absolute atomic E-state index is 0. The molecule has 0 saturated carbocycles. The molecule has 122 valence electrons. The highest BCUT2D eigenvalue weighted by Crippen LogP contribution is 2.22. The van der Waals surface area contributed by atoms with E-state index in [9.17, 15) is 0 Å². The van der Waals surface area contributed by atoms with E-state index in [0.717, 1.165) is 18.9 Å². The average Bonchev–Trinajstić information content (AvgIpc) is 2.81. The number of halogens is 1. The number of hydrogen-bond acceptors (Lipinski definition) is 1. The third kappa shape index (κ3) is 4.90. The molecule has 0 aliphatic rings. The lowest BCUT2D eigenvalue weighted by Gasteiger charge is -2.23. The predicted molar refractivity (Wildman–Crippen MR) is 106 cm³/mol. The lowest BCUT2D eigenvalue weighted by atomic mass is 10.1. The van der Waals surface area contributed by atoms with Crippen molar-refractivity contribution in [1.82, 2.24) is 15.6 Å². The molecule has 2 aromatic rings. The van der Waals surface area contributed by atoms with Crippen molar-refractivity contribution in [2.24, 2.45) is 4.99 Å². The number of aliphatic imine (C=N–C) groups is 1. The van der Waals surface area contributed by atoms with E-state index in [1.165, 1.54) is 22.0 Å². The van der Waals surface area contributed by atoms with Crippen LogP contribution in [0.4, 0.5) is 0 Å². The molecule has 0 unspecified atom stereocenters. The van der Waals surface area contributed by atoms with Crippen molar-refractivity contribution >= 4 is 40.8 Å². The summed E-state index contributed by atoms with van der Waals surface area (Å²) < 4.78 is 0. The molecule has 1 aromatic carbocycles. The van der Waals surface area contributed by atoms with Crippen LogP contribution in [0.1, 0.15) is 31.9 Å². The van der Waals surface area contributed by atoms with Gasteiger partial charge in [0.1, 0.15) is 0 Å². The fourth-order valence-electron chi connectivity index (χ4n) is 2.50. The van der Waals surface area contributed by atoms with Crippen LogP contribution in [0.2, 0.25) is 0 Å². The first-order chi connectivity index (χ1) is 9.90. The summed E-state index contributed by atoms with van der Waals surface area (Å²) in [6.45, 7) is 9.40. The van der Waals surface area contributed by atoms with Crippen molar-refractivity contribution in [3.05, 3.63) is 35.5 Å². The molecule has 0 saturated heterocycles. The number of fused-ring (bicyclic) bond motifs is 1. The van der Waals surface area contributed by atoms with Crippen molar-refractivity contribution in [3.8, 4) is 0 Å². The number of aromatic nitrogens is 1. The topological polar surface area (TPSA) is 52.2 Å². The summed E-state index contributed by atoms with van der Waals surface area (Å²) in [4.78, 5) is 7.60. The Labute approximate surface area is 150 Å². The largest absolute Gasteiger partial charge is 0.361 e. The van der Waals surface area contributed by atoms with Gasteiger partial charge in [0.2, 0.25) is 0 Å². The lowest BCUT2D eigenvalue weighted by Crippen LogP contribution is -2.48. The molecule has 3 N–H and O–H groups in total. The van der Waals surface area contributed by atoms with E-state index in [4.69, 9.17) is 0 Å². The fraction of sp³-hybridized carbons (Fsp3) is 0.471. The Balaban J connectivity index is 0.00000242. The Hall–Kier alpha value is -1.24. The zero-order valence-corrected chi connectivity index (χ0v) is 16.4. The van der Waals surface area contributed by atoms with Crippen LogP contribution in [0.25, 0.3) is 10.9 Å². The summed E-state index contributed by atoms with van der Waals surface area (Å²) in [6.07, 6.45) is 3.08. The Morgan fingerprint density at radius 3 is 2.64 bits per heavy atom. The highest BCUT2D eigenvalue weighted by atomic mass is 127. The maximum atomic E-state index is 4.26. The summed E-state index contributed by atoms with van der Waals surface area (Å²) in [5.41, 5.74) is 3.89. The zero-order valence-electron chi connectivity index (χ0n) is 14.1. The standard InChI is InChI=1S/C17H26N4.HI/c1-12-7-6-8-14-15(12)13(11-20-14)9-10-19-16(18-5)21-17(2,3)4;/h6-8,11,20H,9-10H2,1-5H3,(H2,18,19,21);1H. The highest BCUT2D eigenvalue weighted by molar-refractivity contribution is 14.0. The van der Waals surface area contributed by atoms with Crippen molar-refractivity contribution in [1.29, 1.82) is 0 Å². The molecule has 4 nitrogen and oxygen atoms in total. The third-order valence-corrected chi connectivity index (χ3v) is 3.40. The summed E-state index contributed by atoms with van der Waals surface area (Å²) in [7, 11) is 1.80. The Bertz CT molecular complexity index is 638.